The number of phenols is 1. The number of amides is 2. The molecule has 9 nitrogen and oxygen atoms in total. The number of aromatic hydroxyl groups is 1. The average Bonchev–Trinajstić information content (AvgIpc) is 2.93. The number of hydrogen-bond donors (Lipinski definition) is 3. The highest BCUT2D eigenvalue weighted by atomic mass is 32.1. The molecule has 0 aliphatic carbocycles. The standard InChI is InChI=1S/C12H12N6O3S/c1-6(19)14-9-3-8(16-18-12-17-13-5-22-12)4-10(11(9)21)15-7(2)20/h3-5,21H,1-2H3,(H,14,19)(H,15,20). The monoisotopic (exact) mass is 320 g/mol. The number of nitrogens with zero attached hydrogens (tertiary/aromatic N) is 4. The van der Waals surface area contributed by atoms with E-state index in [1.165, 1.54) is 42.8 Å². The van der Waals surface area contributed by atoms with Crippen molar-refractivity contribution in [2.45, 2.75) is 13.8 Å². The number of anilines is 2. The van der Waals surface area contributed by atoms with Crippen LogP contribution in [0.3, 0.4) is 0 Å². The molecule has 0 bridgehead atoms. The van der Waals surface area contributed by atoms with Gasteiger partial charge in [0.25, 0.3) is 5.13 Å². The minimum Gasteiger partial charge on any atom is -0.504 e. The lowest BCUT2D eigenvalue weighted by atomic mass is 10.2. The minimum absolute atomic E-state index is 0.116. The van der Waals surface area contributed by atoms with Crippen LogP contribution in [0.25, 0.3) is 0 Å². The number of aromatic nitrogens is 2. The van der Waals surface area contributed by atoms with Crippen LogP contribution in [0, 0.1) is 0 Å². The maximum absolute atomic E-state index is 11.2. The molecule has 2 aromatic rings. The Morgan fingerprint density at radius 1 is 1.14 bits per heavy atom. The Balaban J connectivity index is 2.39. The van der Waals surface area contributed by atoms with Crippen LogP contribution >= 0.6 is 11.3 Å². The molecule has 0 aliphatic heterocycles. The first kappa shape index (κ1) is 15.5. The largest absolute Gasteiger partial charge is 0.504 e. The van der Waals surface area contributed by atoms with Crippen LogP contribution in [0.4, 0.5) is 22.2 Å². The molecular weight excluding hydrogens is 308 g/mol. The predicted octanol–water partition coefficient (Wildman–Crippen LogP) is 2.58. The summed E-state index contributed by atoms with van der Waals surface area (Å²) in [5, 5.41) is 30.5. The van der Waals surface area contributed by atoms with Crippen LogP contribution < -0.4 is 10.6 Å². The number of azo groups is 1. The number of benzene rings is 1. The van der Waals surface area contributed by atoms with Gasteiger partial charge < -0.3 is 15.7 Å². The van der Waals surface area contributed by atoms with E-state index < -0.39 is 0 Å². The molecule has 0 atom stereocenters. The van der Waals surface area contributed by atoms with E-state index >= 15 is 0 Å². The second-order valence-corrected chi connectivity index (χ2v) is 4.98. The van der Waals surface area contributed by atoms with Crippen LogP contribution in [0.5, 0.6) is 5.75 Å². The van der Waals surface area contributed by atoms with Gasteiger partial charge in [-0.3, -0.25) is 9.59 Å². The fourth-order valence-electron chi connectivity index (χ4n) is 1.56. The van der Waals surface area contributed by atoms with Crippen molar-refractivity contribution in [2.75, 3.05) is 10.6 Å². The van der Waals surface area contributed by atoms with Gasteiger partial charge in [-0.25, -0.2) is 0 Å². The van der Waals surface area contributed by atoms with Crippen LogP contribution in [0.1, 0.15) is 13.8 Å². The van der Waals surface area contributed by atoms with Gasteiger partial charge in [-0.15, -0.1) is 20.4 Å². The summed E-state index contributed by atoms with van der Waals surface area (Å²) in [6, 6.07) is 2.85. The zero-order chi connectivity index (χ0) is 16.1. The first-order chi connectivity index (χ1) is 10.5. The molecule has 2 rings (SSSR count). The predicted molar refractivity (Wildman–Crippen MR) is 80.8 cm³/mol. The van der Waals surface area contributed by atoms with Crippen LogP contribution in [0.15, 0.2) is 27.9 Å². The van der Waals surface area contributed by atoms with Crippen molar-refractivity contribution >= 4 is 45.3 Å². The van der Waals surface area contributed by atoms with E-state index in [1.54, 1.807) is 0 Å². The molecule has 10 heteroatoms. The second-order valence-electron chi connectivity index (χ2n) is 4.17. The lowest BCUT2D eigenvalue weighted by molar-refractivity contribution is -0.115. The highest BCUT2D eigenvalue weighted by Gasteiger charge is 2.12. The normalized spacial score (nSPS) is 10.6. The van der Waals surface area contributed by atoms with Crippen LogP contribution in [0.2, 0.25) is 0 Å². The molecular formula is C12H12N6O3S. The topological polar surface area (TPSA) is 129 Å². The molecule has 2 amide bonds. The van der Waals surface area contributed by atoms with E-state index in [9.17, 15) is 14.7 Å². The van der Waals surface area contributed by atoms with Gasteiger partial charge in [0.15, 0.2) is 5.75 Å². The van der Waals surface area contributed by atoms with Crippen molar-refractivity contribution in [3.63, 3.8) is 0 Å². The summed E-state index contributed by atoms with van der Waals surface area (Å²) in [5.74, 6) is -1.01. The smallest absolute Gasteiger partial charge is 0.251 e. The average molecular weight is 320 g/mol. The summed E-state index contributed by atoms with van der Waals surface area (Å²) in [5.41, 5.74) is 2.06. The van der Waals surface area contributed by atoms with Gasteiger partial charge in [0, 0.05) is 13.8 Å². The van der Waals surface area contributed by atoms with E-state index in [0.717, 1.165) is 0 Å². The highest BCUT2D eigenvalue weighted by Crippen LogP contribution is 2.37. The summed E-state index contributed by atoms with van der Waals surface area (Å²) in [6.45, 7) is 2.60. The van der Waals surface area contributed by atoms with E-state index in [0.29, 0.717) is 10.8 Å². The molecule has 0 saturated carbocycles. The summed E-state index contributed by atoms with van der Waals surface area (Å²) in [4.78, 5) is 22.3. The quantitative estimate of drug-likeness (QED) is 0.589. The Hall–Kier alpha value is -2.88. The zero-order valence-electron chi connectivity index (χ0n) is 11.7. The molecule has 0 fully saturated rings. The SMILES string of the molecule is CC(=O)Nc1cc(N=Nc2nncs2)cc(NC(C)=O)c1O. The Morgan fingerprint density at radius 2 is 1.73 bits per heavy atom. The maximum Gasteiger partial charge on any atom is 0.251 e. The van der Waals surface area contributed by atoms with Crippen molar-refractivity contribution in [3.8, 4) is 5.75 Å². The number of carbonyl (C=O) groups excluding carboxylic acids is 2. The molecule has 0 aliphatic rings. The summed E-state index contributed by atoms with van der Waals surface area (Å²) in [7, 11) is 0. The van der Waals surface area contributed by atoms with Crippen molar-refractivity contribution < 1.29 is 14.7 Å². The Kier molecular flexibility index (Phi) is 4.73. The molecule has 1 aromatic heterocycles. The zero-order valence-corrected chi connectivity index (χ0v) is 12.5. The van der Waals surface area contributed by atoms with E-state index in [2.05, 4.69) is 31.1 Å². The van der Waals surface area contributed by atoms with Crippen molar-refractivity contribution in [1.82, 2.24) is 10.2 Å². The summed E-state index contributed by atoms with van der Waals surface area (Å²) < 4.78 is 0. The van der Waals surface area contributed by atoms with Gasteiger partial charge in [0.05, 0.1) is 17.1 Å². The molecule has 1 aromatic carbocycles. The van der Waals surface area contributed by atoms with E-state index in [4.69, 9.17) is 0 Å². The fourth-order valence-corrected chi connectivity index (χ4v) is 1.93. The van der Waals surface area contributed by atoms with Crippen LogP contribution in [-0.4, -0.2) is 27.1 Å². The first-order valence-electron chi connectivity index (χ1n) is 6.06. The highest BCUT2D eigenvalue weighted by molar-refractivity contribution is 7.13. The van der Waals surface area contributed by atoms with Crippen molar-refractivity contribution in [1.29, 1.82) is 0 Å². The number of rotatable bonds is 4. The summed E-state index contributed by atoms with van der Waals surface area (Å²) >= 11 is 1.20. The van der Waals surface area contributed by atoms with Crippen molar-refractivity contribution in [3.05, 3.63) is 17.6 Å². The molecule has 0 spiro atoms. The molecule has 0 saturated heterocycles. The third-order valence-electron chi connectivity index (χ3n) is 2.32. The number of hydrogen-bond acceptors (Lipinski definition) is 8. The molecule has 0 unspecified atom stereocenters. The molecule has 1 heterocycles. The molecule has 22 heavy (non-hydrogen) atoms. The number of nitrogens with one attached hydrogen (secondary N) is 2. The van der Waals surface area contributed by atoms with Gasteiger partial charge in [-0.05, 0) is 12.1 Å². The van der Waals surface area contributed by atoms with E-state index in [1.807, 2.05) is 0 Å². The summed E-state index contributed by atoms with van der Waals surface area (Å²) in [6.07, 6.45) is 0. The Bertz CT molecular complexity index is 691. The van der Waals surface area contributed by atoms with E-state index in [-0.39, 0.29) is 28.9 Å². The van der Waals surface area contributed by atoms with Crippen LogP contribution in [-0.2, 0) is 9.59 Å². The van der Waals surface area contributed by atoms with Gasteiger partial charge in [-0.1, -0.05) is 11.3 Å². The third-order valence-corrected chi connectivity index (χ3v) is 2.89. The fraction of sp³-hybridized carbons (Fsp3) is 0.167. The Morgan fingerprint density at radius 3 is 2.18 bits per heavy atom. The molecule has 0 radical (unpaired) electrons. The molecule has 3 N–H and O–H groups in total. The number of phenolic OH excluding ortho intramolecular Hbond substituents is 1. The lowest BCUT2D eigenvalue weighted by Crippen LogP contribution is -2.09. The van der Waals surface area contributed by atoms with Gasteiger partial charge in [0.1, 0.15) is 5.51 Å². The number of carbonyl (C=O) groups is 2. The molecule has 114 valence electrons. The first-order valence-corrected chi connectivity index (χ1v) is 6.94. The van der Waals surface area contributed by atoms with Gasteiger partial charge in [-0.2, -0.15) is 0 Å². The van der Waals surface area contributed by atoms with Gasteiger partial charge in [0.2, 0.25) is 11.8 Å². The third kappa shape index (κ3) is 4.06. The Labute approximate surface area is 129 Å². The lowest BCUT2D eigenvalue weighted by Gasteiger charge is -2.11. The second kappa shape index (κ2) is 6.72. The van der Waals surface area contributed by atoms with Crippen molar-refractivity contribution in [2.24, 2.45) is 10.2 Å². The van der Waals surface area contributed by atoms with Gasteiger partial charge >= 0.3 is 0 Å². The maximum atomic E-state index is 11.2. The minimum atomic E-state index is -0.373.